The van der Waals surface area contributed by atoms with Gasteiger partial charge in [0.25, 0.3) is 0 Å². The number of hydrogen-bond acceptors (Lipinski definition) is 4. The number of likely N-dealkylation sites (N-methyl/N-ethyl adjacent to an activating group) is 2. The molecule has 1 aromatic heterocycles. The Morgan fingerprint density at radius 3 is 2.89 bits per heavy atom. The van der Waals surface area contributed by atoms with E-state index in [1.54, 1.807) is 7.05 Å². The summed E-state index contributed by atoms with van der Waals surface area (Å²) in [6.07, 6.45) is 2.88. The van der Waals surface area contributed by atoms with Crippen LogP contribution in [0.15, 0.2) is 12.4 Å². The molecule has 0 radical (unpaired) electrons. The molecule has 0 saturated carbocycles. The molecule has 0 aliphatic rings. The Hall–Kier alpha value is -2.09. The number of hydrogen-bond donors (Lipinski definition) is 3. The number of nitrogens with one attached hydrogen (secondary N) is 2. The summed E-state index contributed by atoms with van der Waals surface area (Å²) in [4.78, 5) is 23.7. The van der Waals surface area contributed by atoms with Crippen LogP contribution in [0, 0.1) is 0 Å². The van der Waals surface area contributed by atoms with E-state index in [9.17, 15) is 9.59 Å². The Morgan fingerprint density at radius 1 is 1.56 bits per heavy atom. The number of aromatic nitrogens is 2. The van der Waals surface area contributed by atoms with Gasteiger partial charge in [0.15, 0.2) is 0 Å². The molecule has 0 unspecified atom stereocenters. The summed E-state index contributed by atoms with van der Waals surface area (Å²) in [6.45, 7) is 1.04. The van der Waals surface area contributed by atoms with E-state index in [0.29, 0.717) is 18.8 Å². The Labute approximate surface area is 105 Å². The number of carbonyl (C=O) groups is 2. The van der Waals surface area contributed by atoms with Gasteiger partial charge in [-0.15, -0.1) is 0 Å². The highest BCUT2D eigenvalue weighted by Gasteiger charge is 2.09. The monoisotopic (exact) mass is 255 g/mol. The van der Waals surface area contributed by atoms with Crippen molar-refractivity contribution in [2.75, 3.05) is 32.5 Å². The number of nitrogens with zero attached hydrogens (tertiary/aromatic N) is 3. The fraction of sp³-hybridized carbons (Fsp3) is 0.500. The van der Waals surface area contributed by atoms with E-state index in [0.717, 1.165) is 0 Å². The SMILES string of the molecule is CNCCN(C)C(=O)Nc1cnn(CC(=O)O)c1. The van der Waals surface area contributed by atoms with Gasteiger partial charge >= 0.3 is 12.0 Å². The molecule has 0 atom stereocenters. The van der Waals surface area contributed by atoms with Crippen molar-refractivity contribution in [3.63, 3.8) is 0 Å². The van der Waals surface area contributed by atoms with Crippen LogP contribution < -0.4 is 10.6 Å². The Morgan fingerprint density at radius 2 is 2.28 bits per heavy atom. The van der Waals surface area contributed by atoms with Gasteiger partial charge in [-0.2, -0.15) is 5.10 Å². The lowest BCUT2D eigenvalue weighted by Gasteiger charge is -2.16. The number of amides is 2. The summed E-state index contributed by atoms with van der Waals surface area (Å²) in [5.74, 6) is -0.984. The van der Waals surface area contributed by atoms with Crippen molar-refractivity contribution in [1.82, 2.24) is 20.0 Å². The number of urea groups is 1. The first kappa shape index (κ1) is 14.0. The number of carboxylic acids is 1. The molecule has 100 valence electrons. The summed E-state index contributed by atoms with van der Waals surface area (Å²) in [7, 11) is 3.48. The summed E-state index contributed by atoms with van der Waals surface area (Å²) in [5, 5.41) is 18.0. The molecular weight excluding hydrogens is 238 g/mol. The van der Waals surface area contributed by atoms with Crippen LogP contribution in [0.25, 0.3) is 0 Å². The predicted octanol–water partition coefficient (Wildman–Crippen LogP) is -0.349. The molecule has 0 spiro atoms. The summed E-state index contributed by atoms with van der Waals surface area (Å²) in [5.41, 5.74) is 0.470. The first-order valence-corrected chi connectivity index (χ1v) is 5.44. The van der Waals surface area contributed by atoms with Gasteiger partial charge < -0.3 is 20.6 Å². The molecule has 0 aliphatic carbocycles. The molecule has 2 amide bonds. The number of rotatable bonds is 6. The van der Waals surface area contributed by atoms with Crippen molar-refractivity contribution >= 4 is 17.7 Å². The smallest absolute Gasteiger partial charge is 0.325 e. The molecule has 1 heterocycles. The average molecular weight is 255 g/mol. The zero-order valence-electron chi connectivity index (χ0n) is 10.4. The third-order valence-corrected chi connectivity index (χ3v) is 2.23. The number of carboxylic acid groups (broad SMARTS) is 1. The summed E-state index contributed by atoms with van der Waals surface area (Å²) in [6, 6.07) is -0.264. The minimum absolute atomic E-state index is 0.231. The van der Waals surface area contributed by atoms with Crippen molar-refractivity contribution in [3.8, 4) is 0 Å². The van der Waals surface area contributed by atoms with Gasteiger partial charge in [0.2, 0.25) is 0 Å². The lowest BCUT2D eigenvalue weighted by Crippen LogP contribution is -2.35. The maximum atomic E-state index is 11.7. The van der Waals surface area contributed by atoms with E-state index in [1.165, 1.54) is 22.0 Å². The van der Waals surface area contributed by atoms with Gasteiger partial charge in [0.05, 0.1) is 11.9 Å². The molecule has 0 aromatic carbocycles. The molecule has 0 aliphatic heterocycles. The van der Waals surface area contributed by atoms with Gasteiger partial charge in [0.1, 0.15) is 6.54 Å². The molecule has 3 N–H and O–H groups in total. The number of carbonyl (C=O) groups excluding carboxylic acids is 1. The van der Waals surface area contributed by atoms with Crippen LogP contribution in [0.5, 0.6) is 0 Å². The molecule has 8 heteroatoms. The third-order valence-electron chi connectivity index (χ3n) is 2.23. The highest BCUT2D eigenvalue weighted by molar-refractivity contribution is 5.88. The quantitative estimate of drug-likeness (QED) is 0.645. The molecule has 8 nitrogen and oxygen atoms in total. The second kappa shape index (κ2) is 6.60. The summed E-state index contributed by atoms with van der Waals surface area (Å²) < 4.78 is 1.24. The topological polar surface area (TPSA) is 99.5 Å². The zero-order valence-corrected chi connectivity index (χ0v) is 10.4. The number of anilines is 1. The minimum Gasteiger partial charge on any atom is -0.480 e. The molecule has 0 fully saturated rings. The lowest BCUT2D eigenvalue weighted by molar-refractivity contribution is -0.137. The summed E-state index contributed by atoms with van der Waals surface area (Å²) >= 11 is 0. The van der Waals surface area contributed by atoms with Crippen LogP contribution in [0.2, 0.25) is 0 Å². The highest BCUT2D eigenvalue weighted by Crippen LogP contribution is 2.05. The van der Waals surface area contributed by atoms with Crippen LogP contribution in [0.1, 0.15) is 0 Å². The first-order valence-electron chi connectivity index (χ1n) is 5.44. The van der Waals surface area contributed by atoms with Gasteiger partial charge in [-0.3, -0.25) is 9.48 Å². The number of aliphatic carboxylic acids is 1. The maximum Gasteiger partial charge on any atom is 0.325 e. The standard InChI is InChI=1S/C10H17N5O3/c1-11-3-4-14(2)10(18)13-8-5-12-15(6-8)7-9(16)17/h5-6,11H,3-4,7H2,1-2H3,(H,13,18)(H,16,17). The van der Waals surface area contributed by atoms with E-state index in [1.807, 2.05) is 7.05 Å². The van der Waals surface area contributed by atoms with Crippen molar-refractivity contribution in [1.29, 1.82) is 0 Å². The van der Waals surface area contributed by atoms with Gasteiger partial charge in [-0.05, 0) is 7.05 Å². The minimum atomic E-state index is -0.984. The maximum absolute atomic E-state index is 11.7. The van der Waals surface area contributed by atoms with E-state index >= 15 is 0 Å². The Bertz CT molecular complexity index is 417. The second-order valence-corrected chi connectivity index (χ2v) is 3.78. The van der Waals surface area contributed by atoms with Crippen LogP contribution in [-0.4, -0.2) is 59.0 Å². The largest absolute Gasteiger partial charge is 0.480 e. The second-order valence-electron chi connectivity index (χ2n) is 3.78. The van der Waals surface area contributed by atoms with Gasteiger partial charge in [-0.1, -0.05) is 0 Å². The van der Waals surface area contributed by atoms with Crippen LogP contribution >= 0.6 is 0 Å². The Kier molecular flexibility index (Phi) is 5.12. The zero-order chi connectivity index (χ0) is 13.5. The fourth-order valence-electron chi connectivity index (χ4n) is 1.25. The molecule has 1 aromatic rings. The van der Waals surface area contributed by atoms with Crippen LogP contribution in [0.3, 0.4) is 0 Å². The lowest BCUT2D eigenvalue weighted by atomic mass is 10.5. The Balaban J connectivity index is 2.48. The fourth-order valence-corrected chi connectivity index (χ4v) is 1.25. The van der Waals surface area contributed by atoms with Gasteiger partial charge in [-0.25, -0.2) is 4.79 Å². The predicted molar refractivity (Wildman–Crippen MR) is 65.4 cm³/mol. The first-order chi connectivity index (χ1) is 8.52. The molecular formula is C10H17N5O3. The molecule has 0 saturated heterocycles. The normalized spacial score (nSPS) is 10.1. The van der Waals surface area contributed by atoms with Crippen LogP contribution in [0.4, 0.5) is 10.5 Å². The molecule has 18 heavy (non-hydrogen) atoms. The highest BCUT2D eigenvalue weighted by atomic mass is 16.4. The molecule has 1 rings (SSSR count). The van der Waals surface area contributed by atoms with Crippen molar-refractivity contribution < 1.29 is 14.7 Å². The van der Waals surface area contributed by atoms with Crippen molar-refractivity contribution in [3.05, 3.63) is 12.4 Å². The third kappa shape index (κ3) is 4.42. The molecule has 0 bridgehead atoms. The van der Waals surface area contributed by atoms with E-state index in [4.69, 9.17) is 5.11 Å². The van der Waals surface area contributed by atoms with E-state index < -0.39 is 5.97 Å². The van der Waals surface area contributed by atoms with Gasteiger partial charge in [0, 0.05) is 26.3 Å². The van der Waals surface area contributed by atoms with Crippen LogP contribution in [-0.2, 0) is 11.3 Å². The van der Waals surface area contributed by atoms with Crippen molar-refractivity contribution in [2.45, 2.75) is 6.54 Å². The van der Waals surface area contributed by atoms with E-state index in [2.05, 4.69) is 15.7 Å². The average Bonchev–Trinajstić information content (AvgIpc) is 2.72. The van der Waals surface area contributed by atoms with E-state index in [-0.39, 0.29) is 12.6 Å². The van der Waals surface area contributed by atoms with Crippen molar-refractivity contribution in [2.24, 2.45) is 0 Å².